The number of carbonyl (C=O) groups is 1. The molecule has 0 saturated carbocycles. The van der Waals surface area contributed by atoms with E-state index in [1.165, 1.54) is 0 Å². The number of nitrogens with zero attached hydrogens (tertiary/aromatic N) is 2. The van der Waals surface area contributed by atoms with Crippen molar-refractivity contribution < 1.29 is 24.2 Å². The van der Waals surface area contributed by atoms with Crippen molar-refractivity contribution in [3.63, 3.8) is 0 Å². The van der Waals surface area contributed by atoms with Crippen LogP contribution in [0.3, 0.4) is 0 Å². The first kappa shape index (κ1) is 27.5. The van der Waals surface area contributed by atoms with Gasteiger partial charge >= 0.3 is 5.97 Å². The van der Waals surface area contributed by atoms with Gasteiger partial charge in [0.15, 0.2) is 0 Å². The SMILES string of the molecule is CCC(=O)OC1CC(C)(C)N(CC(O)COC2CC(C)(C)N(OC)C(C)(C)C2)C(C)(C)C1. The number of rotatable bonds is 8. The smallest absolute Gasteiger partial charge is 0.305 e. The maximum atomic E-state index is 11.8. The van der Waals surface area contributed by atoms with E-state index < -0.39 is 6.10 Å². The molecule has 0 aromatic heterocycles. The van der Waals surface area contributed by atoms with E-state index in [9.17, 15) is 9.90 Å². The zero-order chi connectivity index (χ0) is 24.5. The molecule has 0 bridgehead atoms. The van der Waals surface area contributed by atoms with E-state index >= 15 is 0 Å². The number of esters is 1. The molecular formula is C25H48N2O5. The summed E-state index contributed by atoms with van der Waals surface area (Å²) in [5, 5.41) is 13.0. The summed E-state index contributed by atoms with van der Waals surface area (Å²) in [6, 6.07) is 0. The van der Waals surface area contributed by atoms with Gasteiger partial charge < -0.3 is 19.4 Å². The summed E-state index contributed by atoms with van der Waals surface area (Å²) in [7, 11) is 1.73. The fourth-order valence-electron chi connectivity index (χ4n) is 6.37. The standard InChI is InChI=1S/C25H48N2O5/c1-11-21(29)32-20-14-22(2,3)26(23(4,5)15-20)16-18(28)17-31-19-12-24(6,7)27(30-10)25(8,9)13-19/h18-20,28H,11-17H2,1-10H3. The maximum Gasteiger partial charge on any atom is 0.305 e. The molecule has 0 aliphatic carbocycles. The van der Waals surface area contributed by atoms with Crippen molar-refractivity contribution in [2.75, 3.05) is 20.3 Å². The highest BCUT2D eigenvalue weighted by Gasteiger charge is 2.48. The molecule has 188 valence electrons. The lowest BCUT2D eigenvalue weighted by atomic mass is 9.77. The van der Waals surface area contributed by atoms with Crippen LogP contribution in [0.4, 0.5) is 0 Å². The minimum atomic E-state index is -0.588. The molecule has 7 nitrogen and oxygen atoms in total. The van der Waals surface area contributed by atoms with Crippen LogP contribution < -0.4 is 0 Å². The molecule has 0 radical (unpaired) electrons. The minimum Gasteiger partial charge on any atom is -0.462 e. The van der Waals surface area contributed by atoms with Gasteiger partial charge in [-0.3, -0.25) is 9.69 Å². The lowest BCUT2D eigenvalue weighted by Crippen LogP contribution is -2.64. The third kappa shape index (κ3) is 6.44. The van der Waals surface area contributed by atoms with Gasteiger partial charge in [0.25, 0.3) is 0 Å². The lowest BCUT2D eigenvalue weighted by molar-refractivity contribution is -0.281. The van der Waals surface area contributed by atoms with Crippen molar-refractivity contribution in [1.29, 1.82) is 0 Å². The number of hydroxylamine groups is 2. The summed E-state index contributed by atoms with van der Waals surface area (Å²) in [5.41, 5.74) is -0.688. The molecule has 2 rings (SSSR count). The van der Waals surface area contributed by atoms with E-state index in [1.807, 2.05) is 6.92 Å². The Labute approximate surface area is 195 Å². The summed E-state index contributed by atoms with van der Waals surface area (Å²) in [4.78, 5) is 19.8. The number of carbonyl (C=O) groups excluding carboxylic acids is 1. The lowest BCUT2D eigenvalue weighted by Gasteiger charge is -2.55. The monoisotopic (exact) mass is 456 g/mol. The minimum absolute atomic E-state index is 0.0706. The molecule has 0 amide bonds. The third-order valence-corrected chi connectivity index (χ3v) is 7.16. The fourth-order valence-corrected chi connectivity index (χ4v) is 6.37. The van der Waals surface area contributed by atoms with Crippen molar-refractivity contribution in [3.8, 4) is 0 Å². The summed E-state index contributed by atoms with van der Waals surface area (Å²) in [6.45, 7) is 20.0. The molecule has 1 unspecified atom stereocenters. The number of aliphatic hydroxyl groups excluding tert-OH is 1. The summed E-state index contributed by atoms with van der Waals surface area (Å²) < 4.78 is 11.9. The number of piperidine rings is 2. The van der Waals surface area contributed by atoms with Gasteiger partial charge in [-0.15, -0.1) is 0 Å². The Morgan fingerprint density at radius 3 is 1.81 bits per heavy atom. The van der Waals surface area contributed by atoms with Crippen molar-refractivity contribution >= 4 is 5.97 Å². The number of β-amino-alcohol motifs (C(OH)–C–C–N with tert-alkyl or cyclic N) is 1. The molecule has 1 N–H and O–H groups in total. The average Bonchev–Trinajstić information content (AvgIpc) is 2.60. The molecule has 7 heteroatoms. The number of ether oxygens (including phenoxy) is 2. The highest BCUT2D eigenvalue weighted by atomic mass is 16.7. The Morgan fingerprint density at radius 2 is 1.38 bits per heavy atom. The first-order valence-corrected chi connectivity index (χ1v) is 12.2. The largest absolute Gasteiger partial charge is 0.462 e. The number of likely N-dealkylation sites (tertiary alicyclic amines) is 1. The molecule has 0 aromatic carbocycles. The van der Waals surface area contributed by atoms with E-state index in [-0.39, 0.29) is 40.3 Å². The molecule has 32 heavy (non-hydrogen) atoms. The second-order valence-corrected chi connectivity index (χ2v) is 12.2. The van der Waals surface area contributed by atoms with Gasteiger partial charge in [0.1, 0.15) is 6.10 Å². The quantitative estimate of drug-likeness (QED) is 0.555. The van der Waals surface area contributed by atoms with Crippen molar-refractivity contribution in [1.82, 2.24) is 9.96 Å². The maximum absolute atomic E-state index is 11.8. The predicted octanol–water partition coefficient (Wildman–Crippen LogP) is 3.92. The molecule has 2 saturated heterocycles. The van der Waals surface area contributed by atoms with E-state index in [0.29, 0.717) is 19.6 Å². The highest BCUT2D eigenvalue weighted by molar-refractivity contribution is 5.69. The molecule has 2 fully saturated rings. The molecule has 2 heterocycles. The summed E-state index contributed by atoms with van der Waals surface area (Å²) in [5.74, 6) is -0.145. The van der Waals surface area contributed by atoms with E-state index in [0.717, 1.165) is 25.7 Å². The summed E-state index contributed by atoms with van der Waals surface area (Å²) in [6.07, 6.45) is 3.00. The Morgan fingerprint density at radius 1 is 0.906 bits per heavy atom. The van der Waals surface area contributed by atoms with Crippen LogP contribution in [0.5, 0.6) is 0 Å². The van der Waals surface area contributed by atoms with Crippen LogP contribution in [0.25, 0.3) is 0 Å². The molecule has 0 aromatic rings. The van der Waals surface area contributed by atoms with E-state index in [4.69, 9.17) is 14.3 Å². The van der Waals surface area contributed by atoms with Gasteiger partial charge in [-0.25, -0.2) is 0 Å². The first-order valence-electron chi connectivity index (χ1n) is 12.2. The summed E-state index contributed by atoms with van der Waals surface area (Å²) >= 11 is 0. The third-order valence-electron chi connectivity index (χ3n) is 7.16. The van der Waals surface area contributed by atoms with Crippen LogP contribution in [-0.2, 0) is 19.1 Å². The van der Waals surface area contributed by atoms with Crippen molar-refractivity contribution in [2.45, 2.75) is 135 Å². The van der Waals surface area contributed by atoms with Crippen LogP contribution in [0.15, 0.2) is 0 Å². The first-order chi connectivity index (χ1) is 14.5. The van der Waals surface area contributed by atoms with Gasteiger partial charge in [0, 0.05) is 48.0 Å². The van der Waals surface area contributed by atoms with Crippen LogP contribution in [0.2, 0.25) is 0 Å². The van der Waals surface area contributed by atoms with Crippen LogP contribution in [0, 0.1) is 0 Å². The normalized spacial score (nSPS) is 27.2. The zero-order valence-electron chi connectivity index (χ0n) is 22.2. The molecular weight excluding hydrogens is 408 g/mol. The van der Waals surface area contributed by atoms with Gasteiger partial charge in [-0.2, -0.15) is 5.06 Å². The Hall–Kier alpha value is -0.730. The number of hydrogen-bond donors (Lipinski definition) is 1. The van der Waals surface area contributed by atoms with E-state index in [1.54, 1.807) is 7.11 Å². The zero-order valence-corrected chi connectivity index (χ0v) is 22.2. The van der Waals surface area contributed by atoms with Gasteiger partial charge in [-0.05, 0) is 68.2 Å². The van der Waals surface area contributed by atoms with Crippen LogP contribution in [-0.4, -0.2) is 81.8 Å². The Bertz CT molecular complexity index is 610. The van der Waals surface area contributed by atoms with Crippen molar-refractivity contribution in [3.05, 3.63) is 0 Å². The van der Waals surface area contributed by atoms with Gasteiger partial charge in [-0.1, -0.05) is 6.92 Å². The molecule has 2 aliphatic heterocycles. The average molecular weight is 457 g/mol. The predicted molar refractivity (Wildman–Crippen MR) is 126 cm³/mol. The Kier molecular flexibility index (Phi) is 8.48. The molecule has 0 spiro atoms. The highest BCUT2D eigenvalue weighted by Crippen LogP contribution is 2.41. The van der Waals surface area contributed by atoms with Gasteiger partial charge in [0.05, 0.1) is 25.9 Å². The number of hydrogen-bond acceptors (Lipinski definition) is 7. The van der Waals surface area contributed by atoms with Crippen molar-refractivity contribution in [2.24, 2.45) is 0 Å². The molecule has 2 aliphatic rings. The van der Waals surface area contributed by atoms with Gasteiger partial charge in [0.2, 0.25) is 0 Å². The second-order valence-electron chi connectivity index (χ2n) is 12.2. The number of aliphatic hydroxyl groups is 1. The fraction of sp³-hybridized carbons (Fsp3) is 0.960. The van der Waals surface area contributed by atoms with Crippen LogP contribution >= 0.6 is 0 Å². The Balaban J connectivity index is 1.97. The second kappa shape index (κ2) is 9.87. The van der Waals surface area contributed by atoms with E-state index in [2.05, 4.69) is 65.4 Å². The van der Waals surface area contributed by atoms with Crippen LogP contribution in [0.1, 0.15) is 94.4 Å². The molecule has 1 atom stereocenters. The topological polar surface area (TPSA) is 71.5 Å².